The highest BCUT2D eigenvalue weighted by Crippen LogP contribution is 2.29. The number of benzene rings is 3. The summed E-state index contributed by atoms with van der Waals surface area (Å²) < 4.78 is 29.0. The Morgan fingerprint density at radius 3 is 2.61 bits per heavy atom. The first-order valence-electron chi connectivity index (χ1n) is 11.9. The van der Waals surface area contributed by atoms with E-state index in [0.717, 1.165) is 28.6 Å². The van der Waals surface area contributed by atoms with Crippen molar-refractivity contribution in [3.8, 4) is 12.3 Å². The van der Waals surface area contributed by atoms with Gasteiger partial charge in [-0.05, 0) is 68.4 Å². The van der Waals surface area contributed by atoms with E-state index in [9.17, 15) is 8.42 Å². The fourth-order valence-electron chi connectivity index (χ4n) is 4.43. The molecule has 0 bridgehead atoms. The number of allylic oxidation sites excluding steroid dienone is 1. The zero-order valence-electron chi connectivity index (χ0n) is 20.9. The second-order valence-electron chi connectivity index (χ2n) is 9.08. The number of nitrogens with two attached hydrogens (primary N) is 1. The van der Waals surface area contributed by atoms with Crippen LogP contribution in [0.5, 0.6) is 0 Å². The molecule has 0 unspecified atom stereocenters. The van der Waals surface area contributed by atoms with E-state index < -0.39 is 10.0 Å². The molecule has 3 aromatic carbocycles. The van der Waals surface area contributed by atoms with E-state index in [-0.39, 0.29) is 17.1 Å². The molecule has 0 aliphatic heterocycles. The Balaban J connectivity index is 1.59. The summed E-state index contributed by atoms with van der Waals surface area (Å²) >= 11 is 0. The van der Waals surface area contributed by atoms with Gasteiger partial charge >= 0.3 is 0 Å². The zero-order chi connectivity index (χ0) is 27.0. The highest BCUT2D eigenvalue weighted by molar-refractivity contribution is 7.90. The van der Waals surface area contributed by atoms with Crippen molar-refractivity contribution >= 4 is 43.9 Å². The molecule has 2 aromatic heterocycles. The molecule has 0 fully saturated rings. The van der Waals surface area contributed by atoms with Crippen LogP contribution in [0.25, 0.3) is 21.9 Å². The SMILES string of the molecule is C#Cc1ccc2c(c1)cc(C/C(C=N)=C(\N)Nc1ccc3[nH]c(C)nc3c1)n2S(=O)(=O)c1ccc(C)cc1. The highest BCUT2D eigenvalue weighted by atomic mass is 32.2. The third kappa shape index (κ3) is 4.53. The molecule has 5 aromatic rings. The van der Waals surface area contributed by atoms with E-state index in [1.54, 1.807) is 48.5 Å². The van der Waals surface area contributed by atoms with E-state index >= 15 is 0 Å². The lowest BCUT2D eigenvalue weighted by Crippen LogP contribution is -2.19. The molecule has 0 aliphatic carbocycles. The van der Waals surface area contributed by atoms with Crippen molar-refractivity contribution < 1.29 is 8.42 Å². The number of imidazole rings is 1. The maximum absolute atomic E-state index is 13.8. The molecule has 38 heavy (non-hydrogen) atoms. The van der Waals surface area contributed by atoms with Gasteiger partial charge in [-0.15, -0.1) is 6.42 Å². The number of fused-ring (bicyclic) bond motifs is 2. The van der Waals surface area contributed by atoms with E-state index in [4.69, 9.17) is 17.6 Å². The molecule has 9 heteroatoms. The molecule has 0 amide bonds. The Kier molecular flexibility index (Phi) is 6.27. The van der Waals surface area contributed by atoms with Gasteiger partial charge in [-0.2, -0.15) is 0 Å². The van der Waals surface area contributed by atoms with Gasteiger partial charge in [-0.25, -0.2) is 17.4 Å². The number of rotatable bonds is 7. The average molecular weight is 523 g/mol. The predicted molar refractivity (Wildman–Crippen MR) is 152 cm³/mol. The van der Waals surface area contributed by atoms with Crippen LogP contribution in [0.2, 0.25) is 0 Å². The minimum Gasteiger partial charge on any atom is -0.385 e. The van der Waals surface area contributed by atoms with Crippen LogP contribution in [-0.4, -0.2) is 28.6 Å². The van der Waals surface area contributed by atoms with Crippen molar-refractivity contribution in [1.82, 2.24) is 13.9 Å². The third-order valence-corrected chi connectivity index (χ3v) is 8.11. The summed E-state index contributed by atoms with van der Waals surface area (Å²) in [6, 6.07) is 19.3. The summed E-state index contributed by atoms with van der Waals surface area (Å²) in [5.74, 6) is 3.63. The van der Waals surface area contributed by atoms with Gasteiger partial charge in [0.25, 0.3) is 10.0 Å². The number of hydrogen-bond donors (Lipinski definition) is 4. The second kappa shape index (κ2) is 9.57. The Bertz CT molecular complexity index is 1890. The van der Waals surface area contributed by atoms with E-state index in [1.807, 2.05) is 32.0 Å². The van der Waals surface area contributed by atoms with Gasteiger partial charge < -0.3 is 21.4 Å². The van der Waals surface area contributed by atoms with Crippen molar-refractivity contribution in [2.45, 2.75) is 25.2 Å². The van der Waals surface area contributed by atoms with Crippen LogP contribution in [-0.2, 0) is 16.4 Å². The minimum atomic E-state index is -3.96. The predicted octanol–water partition coefficient (Wildman–Crippen LogP) is 4.83. The molecule has 2 heterocycles. The van der Waals surface area contributed by atoms with Crippen LogP contribution >= 0.6 is 0 Å². The van der Waals surface area contributed by atoms with Gasteiger partial charge in [-0.1, -0.05) is 23.6 Å². The maximum atomic E-state index is 13.8. The first-order valence-corrected chi connectivity index (χ1v) is 13.3. The largest absolute Gasteiger partial charge is 0.385 e. The quantitative estimate of drug-likeness (QED) is 0.180. The van der Waals surface area contributed by atoms with Crippen molar-refractivity contribution in [2.75, 3.05) is 5.32 Å². The lowest BCUT2D eigenvalue weighted by atomic mass is 10.1. The highest BCUT2D eigenvalue weighted by Gasteiger charge is 2.24. The number of aromatic nitrogens is 3. The molecule has 5 N–H and O–H groups in total. The molecule has 0 radical (unpaired) electrons. The van der Waals surface area contributed by atoms with Crippen LogP contribution in [0.1, 0.15) is 22.6 Å². The second-order valence-corrected chi connectivity index (χ2v) is 10.9. The Hall–Kier alpha value is -4.81. The summed E-state index contributed by atoms with van der Waals surface area (Å²) in [4.78, 5) is 7.78. The van der Waals surface area contributed by atoms with E-state index in [1.165, 1.54) is 3.97 Å². The molecule has 0 saturated carbocycles. The Morgan fingerprint density at radius 2 is 1.89 bits per heavy atom. The van der Waals surface area contributed by atoms with Gasteiger partial charge in [0, 0.05) is 40.5 Å². The zero-order valence-corrected chi connectivity index (χ0v) is 21.7. The number of nitrogens with zero attached hydrogens (tertiary/aromatic N) is 2. The van der Waals surface area contributed by atoms with Crippen LogP contribution < -0.4 is 11.1 Å². The minimum absolute atomic E-state index is 0.0945. The third-order valence-electron chi connectivity index (χ3n) is 6.33. The smallest absolute Gasteiger partial charge is 0.268 e. The summed E-state index contributed by atoms with van der Waals surface area (Å²) in [6.45, 7) is 3.78. The van der Waals surface area contributed by atoms with Crippen LogP contribution in [0.3, 0.4) is 0 Å². The summed E-state index contributed by atoms with van der Waals surface area (Å²) in [7, 11) is -3.96. The number of aryl methyl sites for hydroxylation is 2. The molecular formula is C29H26N6O2S. The number of anilines is 1. The molecular weight excluding hydrogens is 496 g/mol. The normalized spacial score (nSPS) is 12.3. The summed E-state index contributed by atoms with van der Waals surface area (Å²) in [6.07, 6.45) is 6.81. The average Bonchev–Trinajstić information content (AvgIpc) is 3.45. The molecule has 0 spiro atoms. The monoisotopic (exact) mass is 522 g/mol. The number of nitrogens with one attached hydrogen (secondary N) is 3. The van der Waals surface area contributed by atoms with Gasteiger partial charge in [0.1, 0.15) is 11.6 Å². The number of aromatic amines is 1. The summed E-state index contributed by atoms with van der Waals surface area (Å²) in [5.41, 5.74) is 11.7. The first kappa shape index (κ1) is 24.9. The molecule has 0 atom stereocenters. The molecule has 8 nitrogen and oxygen atoms in total. The van der Waals surface area contributed by atoms with Gasteiger partial charge in [0.15, 0.2) is 0 Å². The van der Waals surface area contributed by atoms with Crippen LogP contribution in [0.15, 0.2) is 83.0 Å². The molecule has 0 aliphatic rings. The van der Waals surface area contributed by atoms with Crippen molar-refractivity contribution in [1.29, 1.82) is 5.41 Å². The van der Waals surface area contributed by atoms with Crippen molar-refractivity contribution in [3.63, 3.8) is 0 Å². The Morgan fingerprint density at radius 1 is 1.13 bits per heavy atom. The lowest BCUT2D eigenvalue weighted by molar-refractivity contribution is 0.587. The fraction of sp³-hybridized carbons (Fsp3) is 0.103. The van der Waals surface area contributed by atoms with E-state index in [2.05, 4.69) is 21.2 Å². The Labute approximate surface area is 220 Å². The standard InChI is InChI=1S/C29H26N6O2S/c1-4-20-7-12-28-21(13-20)14-24(35(28)38(36,37)25-9-5-18(2)6-10-25)15-22(17-30)29(31)34-23-8-11-26-27(16-23)33-19(3)32-26/h1,5-14,16-17,30,34H,15,31H2,2-3H3,(H,32,33)/b29-22-,30-17?. The molecule has 0 saturated heterocycles. The molecule has 5 rings (SSSR count). The lowest BCUT2D eigenvalue weighted by Gasteiger charge is -2.14. The summed E-state index contributed by atoms with van der Waals surface area (Å²) in [5, 5.41) is 11.9. The first-order chi connectivity index (χ1) is 18.2. The number of hydrogen-bond acceptors (Lipinski definition) is 6. The molecule has 190 valence electrons. The number of terminal acetylenes is 1. The topological polar surface area (TPSA) is 130 Å². The van der Waals surface area contributed by atoms with Crippen LogP contribution in [0, 0.1) is 31.6 Å². The van der Waals surface area contributed by atoms with Crippen molar-refractivity contribution in [3.05, 3.63) is 101 Å². The number of H-pyrrole nitrogens is 1. The van der Waals surface area contributed by atoms with E-state index in [0.29, 0.717) is 33.4 Å². The van der Waals surface area contributed by atoms with Gasteiger partial charge in [0.05, 0.1) is 21.4 Å². The maximum Gasteiger partial charge on any atom is 0.268 e. The van der Waals surface area contributed by atoms with Crippen molar-refractivity contribution in [2.24, 2.45) is 5.73 Å². The van der Waals surface area contributed by atoms with Crippen LogP contribution in [0.4, 0.5) is 5.69 Å². The van der Waals surface area contributed by atoms with Gasteiger partial charge in [-0.3, -0.25) is 0 Å². The van der Waals surface area contributed by atoms with Gasteiger partial charge in [0.2, 0.25) is 0 Å². The fourth-order valence-corrected chi connectivity index (χ4v) is 5.97.